The number of carboxylic acid groups (broad SMARTS) is 1. The van der Waals surface area contributed by atoms with Crippen LogP contribution in [0.5, 0.6) is 0 Å². The number of rotatable bonds is 3. The highest BCUT2D eigenvalue weighted by Gasteiger charge is 2.11. The van der Waals surface area contributed by atoms with Crippen LogP contribution >= 0.6 is 15.9 Å². The van der Waals surface area contributed by atoms with E-state index in [1.54, 1.807) is 18.2 Å². The Morgan fingerprint density at radius 2 is 1.62 bits per heavy atom. The van der Waals surface area contributed by atoms with Crippen LogP contribution in [0.3, 0.4) is 0 Å². The van der Waals surface area contributed by atoms with E-state index in [0.29, 0.717) is 11.3 Å². The van der Waals surface area contributed by atoms with Gasteiger partial charge in [0.1, 0.15) is 0 Å². The van der Waals surface area contributed by atoms with Gasteiger partial charge in [-0.2, -0.15) is 0 Å². The molecule has 0 fully saturated rings. The molecule has 108 valence electrons. The summed E-state index contributed by atoms with van der Waals surface area (Å²) >= 11 is 3.39. The Morgan fingerprint density at radius 1 is 1.00 bits per heavy atom. The second-order valence-electron chi connectivity index (χ2n) is 4.75. The van der Waals surface area contributed by atoms with Crippen molar-refractivity contribution in [3.63, 3.8) is 0 Å². The van der Waals surface area contributed by atoms with Crippen LogP contribution in [0.15, 0.2) is 40.9 Å². The van der Waals surface area contributed by atoms with E-state index in [1.165, 1.54) is 12.1 Å². The molecule has 2 rings (SSSR count). The lowest BCUT2D eigenvalue weighted by Gasteiger charge is -2.10. The number of anilines is 1. The van der Waals surface area contributed by atoms with Crippen molar-refractivity contribution in [2.45, 2.75) is 13.8 Å². The number of halogens is 1. The molecule has 0 radical (unpaired) electrons. The summed E-state index contributed by atoms with van der Waals surface area (Å²) in [6, 6.07) is 9.95. The summed E-state index contributed by atoms with van der Waals surface area (Å²) in [5.41, 5.74) is 2.99. The third-order valence-corrected chi connectivity index (χ3v) is 4.02. The van der Waals surface area contributed by atoms with Crippen molar-refractivity contribution < 1.29 is 14.7 Å². The van der Waals surface area contributed by atoms with Crippen LogP contribution in [0, 0.1) is 13.8 Å². The van der Waals surface area contributed by atoms with Crippen LogP contribution < -0.4 is 5.32 Å². The number of aromatic carboxylic acids is 1. The van der Waals surface area contributed by atoms with Gasteiger partial charge in [0.25, 0.3) is 5.91 Å². The molecule has 21 heavy (non-hydrogen) atoms. The van der Waals surface area contributed by atoms with Gasteiger partial charge in [-0.25, -0.2) is 4.79 Å². The van der Waals surface area contributed by atoms with Crippen molar-refractivity contribution >= 4 is 33.5 Å². The fraction of sp³-hybridized carbons (Fsp3) is 0.125. The molecule has 0 aliphatic rings. The van der Waals surface area contributed by atoms with E-state index in [2.05, 4.69) is 21.2 Å². The molecule has 2 aromatic rings. The average molecular weight is 348 g/mol. The minimum Gasteiger partial charge on any atom is -0.478 e. The zero-order valence-corrected chi connectivity index (χ0v) is 13.2. The number of amides is 1. The van der Waals surface area contributed by atoms with Crippen LogP contribution in [-0.2, 0) is 0 Å². The van der Waals surface area contributed by atoms with Gasteiger partial charge in [0.05, 0.1) is 5.56 Å². The second-order valence-corrected chi connectivity index (χ2v) is 5.61. The van der Waals surface area contributed by atoms with Crippen LogP contribution in [0.2, 0.25) is 0 Å². The number of carbonyl (C=O) groups is 2. The summed E-state index contributed by atoms with van der Waals surface area (Å²) in [4.78, 5) is 23.2. The van der Waals surface area contributed by atoms with Gasteiger partial charge in [-0.1, -0.05) is 28.1 Å². The van der Waals surface area contributed by atoms with Crippen LogP contribution in [0.25, 0.3) is 0 Å². The molecule has 0 bridgehead atoms. The molecular weight excluding hydrogens is 334 g/mol. The minimum absolute atomic E-state index is 0.140. The van der Waals surface area contributed by atoms with Crippen molar-refractivity contribution in [1.82, 2.24) is 0 Å². The fourth-order valence-corrected chi connectivity index (χ4v) is 2.20. The lowest BCUT2D eigenvalue weighted by atomic mass is 10.1. The molecule has 0 aliphatic carbocycles. The molecule has 0 aliphatic heterocycles. The number of hydrogen-bond donors (Lipinski definition) is 2. The zero-order chi connectivity index (χ0) is 15.6. The van der Waals surface area contributed by atoms with Crippen LogP contribution in [-0.4, -0.2) is 17.0 Å². The predicted molar refractivity (Wildman–Crippen MR) is 85.0 cm³/mol. The lowest BCUT2D eigenvalue weighted by Crippen LogP contribution is -2.13. The van der Waals surface area contributed by atoms with Gasteiger partial charge >= 0.3 is 5.97 Å². The predicted octanol–water partition coefficient (Wildman–Crippen LogP) is 4.02. The van der Waals surface area contributed by atoms with Crippen molar-refractivity contribution in [2.75, 3.05) is 5.32 Å². The second kappa shape index (κ2) is 6.10. The lowest BCUT2D eigenvalue weighted by molar-refractivity contribution is 0.0696. The molecule has 0 heterocycles. The fourth-order valence-electron chi connectivity index (χ4n) is 1.82. The normalized spacial score (nSPS) is 10.2. The number of carboxylic acids is 1. The third-order valence-electron chi connectivity index (χ3n) is 3.17. The maximum atomic E-state index is 12.2. The highest BCUT2D eigenvalue weighted by atomic mass is 79.9. The molecule has 5 heteroatoms. The number of benzene rings is 2. The van der Waals surface area contributed by atoms with Crippen molar-refractivity contribution in [3.8, 4) is 0 Å². The molecule has 0 saturated carbocycles. The van der Waals surface area contributed by atoms with E-state index in [9.17, 15) is 9.59 Å². The van der Waals surface area contributed by atoms with E-state index in [0.717, 1.165) is 15.6 Å². The van der Waals surface area contributed by atoms with Crippen LogP contribution in [0.4, 0.5) is 5.69 Å². The first-order valence-electron chi connectivity index (χ1n) is 6.30. The molecule has 0 atom stereocenters. The summed E-state index contributed by atoms with van der Waals surface area (Å²) in [6.45, 7) is 3.75. The third kappa shape index (κ3) is 3.49. The zero-order valence-electron chi connectivity index (χ0n) is 11.6. The van der Waals surface area contributed by atoms with Gasteiger partial charge in [0, 0.05) is 15.7 Å². The van der Waals surface area contributed by atoms with E-state index in [4.69, 9.17) is 5.11 Å². The molecule has 0 aromatic heterocycles. The molecule has 2 aromatic carbocycles. The Balaban J connectivity index is 2.28. The smallest absolute Gasteiger partial charge is 0.335 e. The number of carbonyl (C=O) groups excluding carboxylic acids is 1. The Morgan fingerprint density at radius 3 is 2.24 bits per heavy atom. The highest BCUT2D eigenvalue weighted by molar-refractivity contribution is 9.10. The minimum atomic E-state index is -1.02. The average Bonchev–Trinajstić information content (AvgIpc) is 2.43. The first-order chi connectivity index (χ1) is 9.88. The number of nitrogens with one attached hydrogen (secondary N) is 1. The summed E-state index contributed by atoms with van der Waals surface area (Å²) in [7, 11) is 0. The van der Waals surface area contributed by atoms with E-state index in [1.807, 2.05) is 19.9 Å². The van der Waals surface area contributed by atoms with Gasteiger partial charge in [0.2, 0.25) is 0 Å². The van der Waals surface area contributed by atoms with Gasteiger partial charge < -0.3 is 10.4 Å². The SMILES string of the molecule is Cc1ccc(C(=O)Nc2cc(C(=O)O)ccc2C)cc1Br. The van der Waals surface area contributed by atoms with Crippen molar-refractivity contribution in [1.29, 1.82) is 0 Å². The highest BCUT2D eigenvalue weighted by Crippen LogP contribution is 2.21. The van der Waals surface area contributed by atoms with E-state index >= 15 is 0 Å². The van der Waals surface area contributed by atoms with E-state index in [-0.39, 0.29) is 11.5 Å². The van der Waals surface area contributed by atoms with Crippen LogP contribution in [0.1, 0.15) is 31.8 Å². The maximum Gasteiger partial charge on any atom is 0.335 e. The number of hydrogen-bond acceptors (Lipinski definition) is 2. The monoisotopic (exact) mass is 347 g/mol. The van der Waals surface area contributed by atoms with E-state index < -0.39 is 5.97 Å². The molecular formula is C16H14BrNO3. The van der Waals surface area contributed by atoms with Gasteiger partial charge in [-0.15, -0.1) is 0 Å². The van der Waals surface area contributed by atoms with Gasteiger partial charge in [-0.3, -0.25) is 4.79 Å². The first kappa shape index (κ1) is 15.3. The summed E-state index contributed by atoms with van der Waals surface area (Å²) in [5, 5.41) is 11.7. The molecule has 0 saturated heterocycles. The summed E-state index contributed by atoms with van der Waals surface area (Å²) < 4.78 is 0.853. The Bertz CT molecular complexity index is 725. The van der Waals surface area contributed by atoms with Crippen molar-refractivity contribution in [2.24, 2.45) is 0 Å². The molecule has 0 spiro atoms. The van der Waals surface area contributed by atoms with Gasteiger partial charge in [0.15, 0.2) is 0 Å². The Hall–Kier alpha value is -2.14. The Labute approximate surface area is 130 Å². The maximum absolute atomic E-state index is 12.2. The topological polar surface area (TPSA) is 66.4 Å². The molecule has 4 nitrogen and oxygen atoms in total. The van der Waals surface area contributed by atoms with Crippen molar-refractivity contribution in [3.05, 3.63) is 63.1 Å². The quantitative estimate of drug-likeness (QED) is 0.881. The molecule has 0 unspecified atom stereocenters. The Kier molecular flexibility index (Phi) is 4.43. The summed E-state index contributed by atoms with van der Waals surface area (Å²) in [6.07, 6.45) is 0. The molecule has 1 amide bonds. The standard InChI is InChI=1S/C16H14BrNO3/c1-9-3-5-11(7-13(9)17)15(19)18-14-8-12(16(20)21)6-4-10(14)2/h3-8H,1-2H3,(H,18,19)(H,20,21). The number of aryl methyl sites for hydroxylation is 2. The van der Waals surface area contributed by atoms with Gasteiger partial charge in [-0.05, 0) is 49.2 Å². The largest absolute Gasteiger partial charge is 0.478 e. The molecule has 2 N–H and O–H groups in total. The first-order valence-corrected chi connectivity index (χ1v) is 7.09. The summed E-state index contributed by atoms with van der Waals surface area (Å²) in [5.74, 6) is -1.30.